The molecular weight excluding hydrogens is 424 g/mol. The van der Waals surface area contributed by atoms with Crippen molar-refractivity contribution in [3.05, 3.63) is 95.5 Å². The van der Waals surface area contributed by atoms with Crippen LogP contribution in [0.2, 0.25) is 0 Å². The summed E-state index contributed by atoms with van der Waals surface area (Å²) >= 11 is 5.58. The Hall–Kier alpha value is -2.68. The van der Waals surface area contributed by atoms with Gasteiger partial charge in [0.1, 0.15) is 0 Å². The minimum Gasteiger partial charge on any atom is -0.135 e. The second-order valence-electron chi connectivity index (χ2n) is 7.15. The number of hydrogen-bond acceptors (Lipinski definition) is 1. The molecule has 0 radical (unpaired) electrons. The van der Waals surface area contributed by atoms with E-state index in [9.17, 15) is 0 Å². The molecule has 28 heavy (non-hydrogen) atoms. The van der Waals surface area contributed by atoms with Gasteiger partial charge in [-0.15, -0.1) is 11.3 Å². The quantitative estimate of drug-likeness (QED) is 0.240. The normalized spacial score (nSPS) is 11.8. The third-order valence-electron chi connectivity index (χ3n) is 5.50. The Labute approximate surface area is 175 Å². The number of fused-ring (bicyclic) bond motifs is 6. The summed E-state index contributed by atoms with van der Waals surface area (Å²) in [4.78, 5) is 0. The molecule has 1 aromatic heterocycles. The molecule has 0 spiro atoms. The summed E-state index contributed by atoms with van der Waals surface area (Å²) in [5.74, 6) is 0. The van der Waals surface area contributed by atoms with E-state index in [0.29, 0.717) is 0 Å². The zero-order valence-electron chi connectivity index (χ0n) is 14.9. The summed E-state index contributed by atoms with van der Waals surface area (Å²) in [6, 6.07) is 33.1. The highest BCUT2D eigenvalue weighted by molar-refractivity contribution is 9.10. The molecule has 0 atom stereocenters. The molecule has 0 bridgehead atoms. The maximum absolute atomic E-state index is 3.70. The first-order chi connectivity index (χ1) is 13.8. The van der Waals surface area contributed by atoms with Gasteiger partial charge in [0.25, 0.3) is 0 Å². The number of halogens is 1. The molecular formula is C26H15BrS. The van der Waals surface area contributed by atoms with E-state index in [1.807, 2.05) is 11.3 Å². The summed E-state index contributed by atoms with van der Waals surface area (Å²) < 4.78 is 3.81. The van der Waals surface area contributed by atoms with Gasteiger partial charge in [-0.3, -0.25) is 0 Å². The molecule has 5 aromatic carbocycles. The molecule has 0 saturated carbocycles. The largest absolute Gasteiger partial charge is 0.135 e. The Balaban J connectivity index is 1.72. The Morgan fingerprint density at radius 3 is 2.21 bits per heavy atom. The van der Waals surface area contributed by atoms with Crippen LogP contribution in [0.25, 0.3) is 52.8 Å². The van der Waals surface area contributed by atoms with Gasteiger partial charge in [0.05, 0.1) is 0 Å². The summed E-state index contributed by atoms with van der Waals surface area (Å²) in [5.41, 5.74) is 2.53. The van der Waals surface area contributed by atoms with Crippen LogP contribution in [0.4, 0.5) is 0 Å². The van der Waals surface area contributed by atoms with Crippen molar-refractivity contribution in [1.29, 1.82) is 0 Å². The molecule has 0 aliphatic rings. The fourth-order valence-corrected chi connectivity index (χ4v) is 5.81. The molecule has 2 heteroatoms. The van der Waals surface area contributed by atoms with E-state index in [4.69, 9.17) is 0 Å². The molecule has 6 aromatic rings. The summed E-state index contributed by atoms with van der Waals surface area (Å²) in [6.45, 7) is 0. The topological polar surface area (TPSA) is 0 Å². The van der Waals surface area contributed by atoms with Gasteiger partial charge in [-0.05, 0) is 63.0 Å². The Morgan fingerprint density at radius 2 is 1.32 bits per heavy atom. The standard InChI is InChI=1S/C26H15BrS/c27-19-13-17-6-2-3-7-20(17)22(15-19)18-10-11-24-23(14-18)26-21-8-4-1-5-16(21)9-12-25(26)28-24/h1-15H. The van der Waals surface area contributed by atoms with Gasteiger partial charge in [-0.1, -0.05) is 76.6 Å². The highest BCUT2D eigenvalue weighted by atomic mass is 79.9. The van der Waals surface area contributed by atoms with E-state index in [1.165, 1.54) is 52.8 Å². The van der Waals surface area contributed by atoms with Gasteiger partial charge >= 0.3 is 0 Å². The second-order valence-corrected chi connectivity index (χ2v) is 9.15. The lowest BCUT2D eigenvalue weighted by Crippen LogP contribution is -1.82. The lowest BCUT2D eigenvalue weighted by Gasteiger charge is -2.09. The molecule has 0 aliphatic heterocycles. The number of rotatable bonds is 1. The second kappa shape index (κ2) is 6.16. The summed E-state index contributed by atoms with van der Waals surface area (Å²) in [7, 11) is 0. The van der Waals surface area contributed by atoms with Gasteiger partial charge in [0.15, 0.2) is 0 Å². The first-order valence-corrected chi connectivity index (χ1v) is 10.9. The van der Waals surface area contributed by atoms with Crippen molar-refractivity contribution in [3.63, 3.8) is 0 Å². The molecule has 0 amide bonds. The van der Waals surface area contributed by atoms with E-state index in [0.717, 1.165) is 4.47 Å². The molecule has 6 rings (SSSR count). The molecule has 132 valence electrons. The highest BCUT2D eigenvalue weighted by Crippen LogP contribution is 2.41. The molecule has 0 nitrogen and oxygen atoms in total. The fraction of sp³-hybridized carbons (Fsp3) is 0. The Kier molecular flexibility index (Phi) is 3.59. The molecule has 0 aliphatic carbocycles. The Bertz CT molecular complexity index is 1520. The zero-order valence-corrected chi connectivity index (χ0v) is 17.3. The highest BCUT2D eigenvalue weighted by Gasteiger charge is 2.12. The van der Waals surface area contributed by atoms with Gasteiger partial charge < -0.3 is 0 Å². The van der Waals surface area contributed by atoms with Crippen molar-refractivity contribution in [1.82, 2.24) is 0 Å². The van der Waals surface area contributed by atoms with Crippen molar-refractivity contribution < 1.29 is 0 Å². The van der Waals surface area contributed by atoms with Crippen LogP contribution in [-0.2, 0) is 0 Å². The van der Waals surface area contributed by atoms with E-state index in [1.54, 1.807) is 0 Å². The first kappa shape index (κ1) is 16.3. The predicted octanol–water partition coefficient (Wildman–Crippen LogP) is 8.79. The van der Waals surface area contributed by atoms with Crippen LogP contribution in [0.5, 0.6) is 0 Å². The van der Waals surface area contributed by atoms with Crippen LogP contribution in [0, 0.1) is 0 Å². The van der Waals surface area contributed by atoms with Crippen LogP contribution in [-0.4, -0.2) is 0 Å². The van der Waals surface area contributed by atoms with Crippen LogP contribution in [0.3, 0.4) is 0 Å². The summed E-state index contributed by atoms with van der Waals surface area (Å²) in [5, 5.41) is 7.90. The van der Waals surface area contributed by atoms with Crippen molar-refractivity contribution in [2.24, 2.45) is 0 Å². The SMILES string of the molecule is Brc1cc(-c2ccc3sc4ccc5ccccc5c4c3c2)c2ccccc2c1. The molecule has 0 unspecified atom stereocenters. The predicted molar refractivity (Wildman–Crippen MR) is 127 cm³/mol. The molecule has 1 heterocycles. The lowest BCUT2D eigenvalue weighted by molar-refractivity contribution is 1.66. The average molecular weight is 439 g/mol. The smallest absolute Gasteiger partial charge is 0.0361 e. The van der Waals surface area contributed by atoms with E-state index in [2.05, 4.69) is 107 Å². The van der Waals surface area contributed by atoms with E-state index in [-0.39, 0.29) is 0 Å². The molecule has 0 fully saturated rings. The van der Waals surface area contributed by atoms with E-state index < -0.39 is 0 Å². The number of hydrogen-bond donors (Lipinski definition) is 0. The molecule has 0 N–H and O–H groups in total. The van der Waals surface area contributed by atoms with Crippen molar-refractivity contribution in [2.75, 3.05) is 0 Å². The Morgan fingerprint density at radius 1 is 0.571 bits per heavy atom. The van der Waals surface area contributed by atoms with Crippen molar-refractivity contribution in [3.8, 4) is 11.1 Å². The monoisotopic (exact) mass is 438 g/mol. The van der Waals surface area contributed by atoms with Crippen LogP contribution in [0.15, 0.2) is 95.5 Å². The molecule has 0 saturated heterocycles. The third kappa shape index (κ3) is 2.42. The van der Waals surface area contributed by atoms with Crippen molar-refractivity contribution >= 4 is 69.0 Å². The first-order valence-electron chi connectivity index (χ1n) is 9.31. The average Bonchev–Trinajstić information content (AvgIpc) is 3.11. The number of thiophene rings is 1. The van der Waals surface area contributed by atoms with Crippen LogP contribution in [0.1, 0.15) is 0 Å². The third-order valence-corrected chi connectivity index (χ3v) is 7.09. The van der Waals surface area contributed by atoms with Gasteiger partial charge in [0.2, 0.25) is 0 Å². The maximum Gasteiger partial charge on any atom is 0.0361 e. The van der Waals surface area contributed by atoms with Crippen LogP contribution >= 0.6 is 27.3 Å². The van der Waals surface area contributed by atoms with Gasteiger partial charge in [-0.2, -0.15) is 0 Å². The zero-order chi connectivity index (χ0) is 18.7. The van der Waals surface area contributed by atoms with Gasteiger partial charge in [0, 0.05) is 24.6 Å². The minimum absolute atomic E-state index is 1.11. The number of benzene rings is 5. The summed E-state index contributed by atoms with van der Waals surface area (Å²) in [6.07, 6.45) is 0. The lowest BCUT2D eigenvalue weighted by atomic mass is 9.96. The van der Waals surface area contributed by atoms with Crippen LogP contribution < -0.4 is 0 Å². The van der Waals surface area contributed by atoms with Crippen molar-refractivity contribution in [2.45, 2.75) is 0 Å². The fourth-order valence-electron chi connectivity index (χ4n) is 4.23. The van der Waals surface area contributed by atoms with Gasteiger partial charge in [-0.25, -0.2) is 0 Å². The van der Waals surface area contributed by atoms with E-state index >= 15 is 0 Å². The minimum atomic E-state index is 1.11. The maximum atomic E-state index is 3.70.